The number of aromatic nitrogens is 2. The largest absolute Gasteiger partial charge is 0.508 e. The number of nitrogens with zero attached hydrogens (tertiary/aromatic N) is 4. The van der Waals surface area contributed by atoms with Gasteiger partial charge < -0.3 is 19.5 Å². The molecule has 0 spiro atoms. The molecular weight excluding hydrogens is 562 g/mol. The van der Waals surface area contributed by atoms with Gasteiger partial charge in [0.05, 0.1) is 22.7 Å². The standard InChI is InChI=1S/C35H36F2N4O3/c1-4-26-30(37)9-6-22-16-24(42)17-29(31(22)26)27-7-8-28-32(21(27)2)38-34(39-33(28)40-14-10-25(43-3)11-15-40)44-20-35-12-5-13-41(35)19-23(36)18-35/h1,6-9,16-17,23,25,42H,5,10-15,18-20H2,2-3H3. The van der Waals surface area contributed by atoms with E-state index in [-0.39, 0.29) is 29.0 Å². The molecule has 4 aromatic rings. The summed E-state index contributed by atoms with van der Waals surface area (Å²) >= 11 is 0. The SMILES string of the molecule is C#Cc1c(F)ccc2cc(O)cc(-c3ccc4c(N5CCC(OC)CC5)nc(OCC56CCCN5CC(F)C6)nc4c3C)c12. The second-order valence-corrected chi connectivity index (χ2v) is 12.4. The van der Waals surface area contributed by atoms with Crippen molar-refractivity contribution < 1.29 is 23.4 Å². The number of hydrogen-bond acceptors (Lipinski definition) is 7. The highest BCUT2D eigenvalue weighted by molar-refractivity contribution is 6.05. The number of terminal acetylenes is 1. The first-order valence-electron chi connectivity index (χ1n) is 15.3. The lowest BCUT2D eigenvalue weighted by molar-refractivity contribution is 0.0817. The average Bonchev–Trinajstić information content (AvgIpc) is 3.55. The molecule has 9 heteroatoms. The van der Waals surface area contributed by atoms with Gasteiger partial charge in [0.2, 0.25) is 0 Å². The van der Waals surface area contributed by atoms with Crippen LogP contribution in [0.5, 0.6) is 11.8 Å². The van der Waals surface area contributed by atoms with Crippen LogP contribution in [-0.4, -0.2) is 77.7 Å². The van der Waals surface area contributed by atoms with Gasteiger partial charge in [-0.2, -0.15) is 9.97 Å². The fraction of sp³-hybridized carbons (Fsp3) is 0.429. The molecule has 0 amide bonds. The molecule has 228 valence electrons. The van der Waals surface area contributed by atoms with Crippen molar-refractivity contribution in [2.24, 2.45) is 0 Å². The fourth-order valence-corrected chi connectivity index (χ4v) is 7.62. The number of phenols is 1. The molecule has 0 radical (unpaired) electrons. The number of methoxy groups -OCH3 is 1. The fourth-order valence-electron chi connectivity index (χ4n) is 7.62. The first-order valence-corrected chi connectivity index (χ1v) is 15.3. The molecule has 3 fully saturated rings. The van der Waals surface area contributed by atoms with Gasteiger partial charge in [-0.1, -0.05) is 18.1 Å². The van der Waals surface area contributed by atoms with Gasteiger partial charge in [0.25, 0.3) is 0 Å². The van der Waals surface area contributed by atoms with Gasteiger partial charge in [-0.15, -0.1) is 6.42 Å². The molecule has 7 nitrogen and oxygen atoms in total. The highest BCUT2D eigenvalue weighted by Crippen LogP contribution is 2.42. The molecule has 0 bridgehead atoms. The number of alkyl halides is 1. The molecule has 7 rings (SSSR count). The van der Waals surface area contributed by atoms with Crippen LogP contribution in [0.15, 0.2) is 36.4 Å². The van der Waals surface area contributed by atoms with Gasteiger partial charge in [-0.05, 0) is 85.5 Å². The number of phenolic OH excluding ortho intramolecular Hbond substituents is 1. The van der Waals surface area contributed by atoms with Crippen LogP contribution in [0.2, 0.25) is 0 Å². The molecule has 0 aliphatic carbocycles. The lowest BCUT2D eigenvalue weighted by atomic mass is 9.90. The second-order valence-electron chi connectivity index (χ2n) is 12.4. The summed E-state index contributed by atoms with van der Waals surface area (Å²) in [7, 11) is 1.75. The smallest absolute Gasteiger partial charge is 0.319 e. The average molecular weight is 599 g/mol. The zero-order valence-electron chi connectivity index (χ0n) is 25.1. The molecule has 44 heavy (non-hydrogen) atoms. The molecular formula is C35H36F2N4O3. The van der Waals surface area contributed by atoms with Crippen LogP contribution in [0.1, 0.15) is 43.2 Å². The van der Waals surface area contributed by atoms with Crippen LogP contribution >= 0.6 is 0 Å². The number of anilines is 1. The van der Waals surface area contributed by atoms with Crippen LogP contribution in [-0.2, 0) is 4.74 Å². The second kappa shape index (κ2) is 11.2. The Morgan fingerprint density at radius 3 is 2.70 bits per heavy atom. The van der Waals surface area contributed by atoms with Gasteiger partial charge in [0.15, 0.2) is 0 Å². The number of aryl methyl sites for hydroxylation is 1. The van der Waals surface area contributed by atoms with Crippen molar-refractivity contribution in [1.82, 2.24) is 14.9 Å². The summed E-state index contributed by atoms with van der Waals surface area (Å²) in [5.41, 5.74) is 2.73. The van der Waals surface area contributed by atoms with Crippen LogP contribution < -0.4 is 9.64 Å². The molecule has 4 heterocycles. The molecule has 1 N–H and O–H groups in total. The molecule has 3 saturated heterocycles. The van der Waals surface area contributed by atoms with Gasteiger partial charge in [0, 0.05) is 43.9 Å². The summed E-state index contributed by atoms with van der Waals surface area (Å²) in [6, 6.07) is 10.3. The third-order valence-electron chi connectivity index (χ3n) is 9.87. The number of halogens is 2. The summed E-state index contributed by atoms with van der Waals surface area (Å²) in [5.74, 6) is 2.85. The first-order chi connectivity index (χ1) is 21.3. The van der Waals surface area contributed by atoms with Crippen molar-refractivity contribution in [3.8, 4) is 35.2 Å². The van der Waals surface area contributed by atoms with E-state index in [9.17, 15) is 13.9 Å². The van der Waals surface area contributed by atoms with Crippen molar-refractivity contribution >= 4 is 27.5 Å². The van der Waals surface area contributed by atoms with Gasteiger partial charge in [0.1, 0.15) is 30.2 Å². The van der Waals surface area contributed by atoms with E-state index in [1.807, 2.05) is 19.1 Å². The minimum absolute atomic E-state index is 0.0538. The quantitative estimate of drug-likeness (QED) is 0.267. The maximum Gasteiger partial charge on any atom is 0.319 e. The third kappa shape index (κ3) is 4.81. The van der Waals surface area contributed by atoms with Crippen molar-refractivity contribution in [3.63, 3.8) is 0 Å². The molecule has 3 aliphatic heterocycles. The Morgan fingerprint density at radius 1 is 1.11 bits per heavy atom. The number of benzene rings is 3. The molecule has 3 aromatic carbocycles. The van der Waals surface area contributed by atoms with Gasteiger partial charge >= 0.3 is 6.01 Å². The Morgan fingerprint density at radius 2 is 1.93 bits per heavy atom. The highest BCUT2D eigenvalue weighted by Gasteiger charge is 2.49. The number of piperidine rings is 1. The molecule has 2 unspecified atom stereocenters. The van der Waals surface area contributed by atoms with Crippen LogP contribution in [0.4, 0.5) is 14.6 Å². The van der Waals surface area contributed by atoms with E-state index >= 15 is 0 Å². The third-order valence-corrected chi connectivity index (χ3v) is 9.87. The molecule has 1 aromatic heterocycles. The van der Waals surface area contributed by atoms with Crippen molar-refractivity contribution in [1.29, 1.82) is 0 Å². The molecule has 0 saturated carbocycles. The van der Waals surface area contributed by atoms with Crippen molar-refractivity contribution in [3.05, 3.63) is 53.3 Å². The van der Waals surface area contributed by atoms with E-state index in [2.05, 4.69) is 15.7 Å². The van der Waals surface area contributed by atoms with E-state index < -0.39 is 12.0 Å². The van der Waals surface area contributed by atoms with Crippen LogP contribution in [0.25, 0.3) is 32.8 Å². The zero-order valence-corrected chi connectivity index (χ0v) is 25.1. The Kier molecular flexibility index (Phi) is 7.30. The lowest BCUT2D eigenvalue weighted by Gasteiger charge is -2.33. The minimum atomic E-state index is -0.853. The molecule has 3 aliphatic rings. The summed E-state index contributed by atoms with van der Waals surface area (Å²) in [5, 5.41) is 12.7. The van der Waals surface area contributed by atoms with Crippen LogP contribution in [0.3, 0.4) is 0 Å². The Bertz CT molecular complexity index is 1800. The van der Waals surface area contributed by atoms with Crippen molar-refractivity contribution in [2.75, 3.05) is 44.8 Å². The predicted molar refractivity (Wildman–Crippen MR) is 168 cm³/mol. The summed E-state index contributed by atoms with van der Waals surface area (Å²) in [4.78, 5) is 14.3. The Balaban J connectivity index is 1.36. The zero-order chi connectivity index (χ0) is 30.6. The minimum Gasteiger partial charge on any atom is -0.508 e. The number of aromatic hydroxyl groups is 1. The summed E-state index contributed by atoms with van der Waals surface area (Å²) < 4.78 is 41.3. The number of rotatable bonds is 6. The monoisotopic (exact) mass is 598 g/mol. The van der Waals surface area contributed by atoms with E-state index in [0.29, 0.717) is 41.4 Å². The normalized spacial score (nSPS) is 22.5. The highest BCUT2D eigenvalue weighted by atomic mass is 19.1. The Labute approximate surface area is 255 Å². The first kappa shape index (κ1) is 28.8. The van der Waals surface area contributed by atoms with Crippen molar-refractivity contribution in [2.45, 2.75) is 56.8 Å². The number of ether oxygens (including phenoxy) is 2. The Hall–Kier alpha value is -4.00. The predicted octanol–water partition coefficient (Wildman–Crippen LogP) is 6.15. The lowest BCUT2D eigenvalue weighted by Crippen LogP contribution is -2.43. The number of fused-ring (bicyclic) bond motifs is 3. The molecule has 2 atom stereocenters. The van der Waals surface area contributed by atoms with Crippen LogP contribution in [0, 0.1) is 25.1 Å². The maximum absolute atomic E-state index is 14.9. The summed E-state index contributed by atoms with van der Waals surface area (Å²) in [6.45, 7) is 5.15. The van der Waals surface area contributed by atoms with Gasteiger partial charge in [-0.25, -0.2) is 8.78 Å². The van der Waals surface area contributed by atoms with E-state index in [1.165, 1.54) is 6.07 Å². The topological polar surface area (TPSA) is 71.0 Å². The number of hydrogen-bond donors (Lipinski definition) is 1. The van der Waals surface area contributed by atoms with Gasteiger partial charge in [-0.3, -0.25) is 4.90 Å². The maximum atomic E-state index is 14.9. The summed E-state index contributed by atoms with van der Waals surface area (Å²) in [6.07, 6.45) is 9.25. The van der Waals surface area contributed by atoms with E-state index in [1.54, 1.807) is 25.3 Å². The van der Waals surface area contributed by atoms with E-state index in [4.69, 9.17) is 25.9 Å². The van der Waals surface area contributed by atoms with E-state index in [0.717, 1.165) is 67.6 Å².